The molecule has 0 amide bonds. The Morgan fingerprint density at radius 3 is 2.63 bits per heavy atom. The smallest absolute Gasteiger partial charge is 0.261 e. The Morgan fingerprint density at radius 2 is 1.83 bits per heavy atom. The number of sulfonamides is 1. The van der Waals surface area contributed by atoms with Crippen LogP contribution in [0.15, 0.2) is 78.2 Å². The zero-order valence-electron chi connectivity index (χ0n) is 15.3. The zero-order valence-corrected chi connectivity index (χ0v) is 16.2. The van der Waals surface area contributed by atoms with Crippen molar-refractivity contribution in [3.05, 3.63) is 73.3 Å². The second-order valence-electron chi connectivity index (χ2n) is 6.41. The molecule has 4 aromatic heterocycles. The van der Waals surface area contributed by atoms with Crippen molar-refractivity contribution in [2.24, 2.45) is 0 Å². The quantitative estimate of drug-likeness (QED) is 0.448. The Kier molecular flexibility index (Phi) is 4.21. The summed E-state index contributed by atoms with van der Waals surface area (Å²) < 4.78 is 29.6. The van der Waals surface area contributed by atoms with Gasteiger partial charge in [0.25, 0.3) is 10.0 Å². The third-order valence-electron chi connectivity index (χ3n) is 4.46. The van der Waals surface area contributed by atoms with Crippen molar-refractivity contribution in [2.45, 2.75) is 4.90 Å². The van der Waals surface area contributed by atoms with Gasteiger partial charge < -0.3 is 0 Å². The van der Waals surface area contributed by atoms with E-state index in [4.69, 9.17) is 0 Å². The second kappa shape index (κ2) is 7.04. The van der Waals surface area contributed by atoms with E-state index in [1.165, 1.54) is 18.3 Å². The Hall–Kier alpha value is -4.12. The maximum absolute atomic E-state index is 12.6. The highest BCUT2D eigenvalue weighted by Crippen LogP contribution is 2.25. The fourth-order valence-electron chi connectivity index (χ4n) is 3.05. The molecule has 0 unspecified atom stereocenters. The van der Waals surface area contributed by atoms with Gasteiger partial charge in [0.15, 0.2) is 0 Å². The summed E-state index contributed by atoms with van der Waals surface area (Å²) >= 11 is 0. The molecule has 2 N–H and O–H groups in total. The first-order valence-corrected chi connectivity index (χ1v) is 10.3. The molecule has 1 aromatic carbocycles. The number of aromatic nitrogens is 7. The van der Waals surface area contributed by atoms with E-state index in [2.05, 4.69) is 35.3 Å². The summed E-state index contributed by atoms with van der Waals surface area (Å²) in [6.45, 7) is 0. The predicted molar refractivity (Wildman–Crippen MR) is 109 cm³/mol. The van der Waals surface area contributed by atoms with Crippen molar-refractivity contribution in [1.29, 1.82) is 0 Å². The number of anilines is 1. The minimum Gasteiger partial charge on any atom is -0.296 e. The van der Waals surface area contributed by atoms with Crippen LogP contribution in [-0.4, -0.2) is 43.4 Å². The summed E-state index contributed by atoms with van der Waals surface area (Å²) in [5.74, 6) is 0.419. The lowest BCUT2D eigenvalue weighted by Gasteiger charge is -2.10. The number of tetrazole rings is 1. The molecule has 30 heavy (non-hydrogen) atoms. The molecule has 4 heterocycles. The molecular formula is C19H14N8O2S. The lowest BCUT2D eigenvalue weighted by molar-refractivity contribution is 0.601. The van der Waals surface area contributed by atoms with Crippen molar-refractivity contribution < 1.29 is 8.42 Å². The summed E-state index contributed by atoms with van der Waals surface area (Å²) in [5.41, 5.74) is 3.30. The molecule has 5 aromatic rings. The third kappa shape index (κ3) is 3.26. The molecule has 0 bridgehead atoms. The van der Waals surface area contributed by atoms with Gasteiger partial charge in [-0.1, -0.05) is 18.2 Å². The largest absolute Gasteiger partial charge is 0.296 e. The molecule has 0 saturated heterocycles. The highest BCUT2D eigenvalue weighted by Gasteiger charge is 2.15. The number of H-pyrrole nitrogens is 1. The van der Waals surface area contributed by atoms with E-state index < -0.39 is 10.0 Å². The van der Waals surface area contributed by atoms with Gasteiger partial charge in [0.1, 0.15) is 11.3 Å². The van der Waals surface area contributed by atoms with Crippen LogP contribution in [0.4, 0.5) is 5.69 Å². The molecule has 0 aliphatic carbocycles. The van der Waals surface area contributed by atoms with Gasteiger partial charge in [-0.3, -0.25) is 14.1 Å². The van der Waals surface area contributed by atoms with Gasteiger partial charge in [-0.2, -0.15) is 5.21 Å². The van der Waals surface area contributed by atoms with Gasteiger partial charge in [0.2, 0.25) is 5.82 Å². The Balaban J connectivity index is 1.51. The maximum atomic E-state index is 12.6. The van der Waals surface area contributed by atoms with Gasteiger partial charge in [0, 0.05) is 23.5 Å². The van der Waals surface area contributed by atoms with Crippen LogP contribution < -0.4 is 4.72 Å². The average Bonchev–Trinajstić information content (AvgIpc) is 3.43. The minimum absolute atomic E-state index is 0.181. The topological polar surface area (TPSA) is 131 Å². The number of hydrogen-bond donors (Lipinski definition) is 2. The normalized spacial score (nSPS) is 11.6. The SMILES string of the molecule is O=S(=O)(Nc1cncc(-c2ccc3ncc(-c4nn[nH]n4)n3c2)c1)c1ccccc1. The van der Waals surface area contributed by atoms with Crippen LogP contribution in [0.3, 0.4) is 0 Å². The molecule has 0 radical (unpaired) electrons. The van der Waals surface area contributed by atoms with E-state index >= 15 is 0 Å². The molecule has 5 rings (SSSR count). The first-order valence-electron chi connectivity index (χ1n) is 8.84. The number of aromatic amines is 1. The number of fused-ring (bicyclic) bond motifs is 1. The van der Waals surface area contributed by atoms with Crippen LogP contribution >= 0.6 is 0 Å². The van der Waals surface area contributed by atoms with Gasteiger partial charge in [-0.05, 0) is 35.5 Å². The van der Waals surface area contributed by atoms with Crippen LogP contribution in [0.5, 0.6) is 0 Å². The first-order chi connectivity index (χ1) is 14.6. The van der Waals surface area contributed by atoms with Crippen molar-refractivity contribution in [3.8, 4) is 22.6 Å². The average molecular weight is 418 g/mol. The Bertz CT molecular complexity index is 1430. The number of imidazole rings is 1. The molecular weight excluding hydrogens is 404 g/mol. The summed E-state index contributed by atoms with van der Waals surface area (Å²) in [4.78, 5) is 8.71. The Morgan fingerprint density at radius 1 is 0.967 bits per heavy atom. The van der Waals surface area contributed by atoms with Crippen molar-refractivity contribution in [3.63, 3.8) is 0 Å². The number of nitrogens with one attached hydrogen (secondary N) is 2. The van der Waals surface area contributed by atoms with Gasteiger partial charge in [0.05, 0.1) is 23.0 Å². The number of pyridine rings is 2. The van der Waals surface area contributed by atoms with Crippen LogP contribution in [0.2, 0.25) is 0 Å². The summed E-state index contributed by atoms with van der Waals surface area (Å²) in [7, 11) is -3.71. The minimum atomic E-state index is -3.71. The standard InChI is InChI=1S/C19H14N8O2S/c28-30(29,16-4-2-1-3-5-16)24-15-8-14(9-20-10-15)13-6-7-18-21-11-17(27(18)12-13)19-22-25-26-23-19/h1-12,24H,(H,22,23,25,26). The highest BCUT2D eigenvalue weighted by atomic mass is 32.2. The number of benzene rings is 1. The zero-order chi connectivity index (χ0) is 20.6. The molecule has 0 aliphatic heterocycles. The van der Waals surface area contributed by atoms with Gasteiger partial charge in [-0.15, -0.1) is 10.2 Å². The molecule has 0 aliphatic rings. The van der Waals surface area contributed by atoms with Crippen molar-refractivity contribution in [1.82, 2.24) is 35.0 Å². The van der Waals surface area contributed by atoms with Crippen LogP contribution in [0.25, 0.3) is 28.3 Å². The summed E-state index contributed by atoms with van der Waals surface area (Å²) in [6, 6.07) is 13.6. The van der Waals surface area contributed by atoms with Crippen molar-refractivity contribution >= 4 is 21.4 Å². The fraction of sp³-hybridized carbons (Fsp3) is 0. The van der Waals surface area contributed by atoms with E-state index in [0.717, 1.165) is 11.1 Å². The van der Waals surface area contributed by atoms with Crippen molar-refractivity contribution in [2.75, 3.05) is 4.72 Å². The molecule has 10 nitrogen and oxygen atoms in total. The van der Waals surface area contributed by atoms with Gasteiger partial charge >= 0.3 is 0 Å². The summed E-state index contributed by atoms with van der Waals surface area (Å²) in [6.07, 6.45) is 6.64. The number of hydrogen-bond acceptors (Lipinski definition) is 7. The first kappa shape index (κ1) is 17.9. The molecule has 148 valence electrons. The number of nitrogens with zero attached hydrogens (tertiary/aromatic N) is 6. The lowest BCUT2D eigenvalue weighted by Crippen LogP contribution is -2.13. The maximum Gasteiger partial charge on any atom is 0.261 e. The van der Waals surface area contributed by atoms with E-state index in [9.17, 15) is 8.42 Å². The molecule has 0 fully saturated rings. The van der Waals surface area contributed by atoms with Gasteiger partial charge in [-0.25, -0.2) is 13.4 Å². The monoisotopic (exact) mass is 418 g/mol. The molecule has 0 spiro atoms. The molecule has 0 saturated carbocycles. The predicted octanol–water partition coefficient (Wildman–Crippen LogP) is 2.38. The molecule has 0 atom stereocenters. The lowest BCUT2D eigenvalue weighted by atomic mass is 10.1. The Labute approximate surface area is 170 Å². The third-order valence-corrected chi connectivity index (χ3v) is 5.85. The van der Waals surface area contributed by atoms with Crippen LogP contribution in [0, 0.1) is 0 Å². The second-order valence-corrected chi connectivity index (χ2v) is 8.09. The van der Waals surface area contributed by atoms with E-state index in [0.29, 0.717) is 22.9 Å². The highest BCUT2D eigenvalue weighted by molar-refractivity contribution is 7.92. The van der Waals surface area contributed by atoms with E-state index in [1.54, 1.807) is 36.7 Å². The van der Waals surface area contributed by atoms with Crippen LogP contribution in [-0.2, 0) is 10.0 Å². The van der Waals surface area contributed by atoms with E-state index in [-0.39, 0.29) is 4.90 Å². The number of rotatable bonds is 5. The fourth-order valence-corrected chi connectivity index (χ4v) is 4.11. The summed E-state index contributed by atoms with van der Waals surface area (Å²) in [5, 5.41) is 14.0. The van der Waals surface area contributed by atoms with Crippen LogP contribution in [0.1, 0.15) is 0 Å². The molecule has 11 heteroatoms. The van der Waals surface area contributed by atoms with E-state index in [1.807, 2.05) is 22.7 Å².